The van der Waals surface area contributed by atoms with Gasteiger partial charge in [0.2, 0.25) is 0 Å². The molecule has 1 aliphatic heterocycles. The van der Waals surface area contributed by atoms with E-state index in [0.717, 1.165) is 13.0 Å². The van der Waals surface area contributed by atoms with E-state index in [4.69, 9.17) is 0 Å². The summed E-state index contributed by atoms with van der Waals surface area (Å²) >= 11 is 0. The Kier molecular flexibility index (Phi) is 3.65. The van der Waals surface area contributed by atoms with Crippen molar-refractivity contribution in [2.24, 2.45) is 0 Å². The summed E-state index contributed by atoms with van der Waals surface area (Å²) in [6.45, 7) is 7.67. The second kappa shape index (κ2) is 5.83. The lowest BCUT2D eigenvalue weighted by Gasteiger charge is -2.22. The molecule has 0 fully saturated rings. The third-order valence-electron chi connectivity index (χ3n) is 4.95. The molecule has 0 saturated carbocycles. The molecule has 0 bridgehead atoms. The summed E-state index contributed by atoms with van der Waals surface area (Å²) in [5.41, 5.74) is 10.8. The van der Waals surface area contributed by atoms with Gasteiger partial charge < -0.3 is 4.90 Å². The molecule has 0 aliphatic carbocycles. The van der Waals surface area contributed by atoms with E-state index in [0.29, 0.717) is 0 Å². The first-order valence-corrected chi connectivity index (χ1v) is 8.66. The fraction of sp³-hybridized carbons (Fsp3) is 0.217. The van der Waals surface area contributed by atoms with Gasteiger partial charge in [-0.3, -0.25) is 0 Å². The number of fused-ring (bicyclic) bond motifs is 1. The second-order valence-corrected chi connectivity index (χ2v) is 6.90. The summed E-state index contributed by atoms with van der Waals surface area (Å²) in [6.07, 6.45) is 1.13. The topological polar surface area (TPSA) is 3.24 Å². The first kappa shape index (κ1) is 15.0. The van der Waals surface area contributed by atoms with Gasteiger partial charge in [0.25, 0.3) is 0 Å². The van der Waals surface area contributed by atoms with E-state index in [2.05, 4.69) is 86.3 Å². The Balaban J connectivity index is 1.83. The van der Waals surface area contributed by atoms with E-state index < -0.39 is 0 Å². The number of aryl methyl sites for hydroxylation is 3. The van der Waals surface area contributed by atoms with Crippen LogP contribution in [-0.4, -0.2) is 6.54 Å². The number of benzene rings is 3. The third kappa shape index (κ3) is 2.60. The van der Waals surface area contributed by atoms with Crippen LogP contribution in [0.4, 0.5) is 11.4 Å². The average molecular weight is 313 g/mol. The van der Waals surface area contributed by atoms with Crippen LogP contribution >= 0.6 is 0 Å². The first-order valence-electron chi connectivity index (χ1n) is 8.66. The maximum Gasteiger partial charge on any atom is 0.0452 e. The summed E-state index contributed by atoms with van der Waals surface area (Å²) in [5.74, 6) is 0. The zero-order valence-electron chi connectivity index (χ0n) is 14.6. The number of rotatable bonds is 2. The van der Waals surface area contributed by atoms with Gasteiger partial charge in [-0.2, -0.15) is 0 Å². The van der Waals surface area contributed by atoms with Gasteiger partial charge in [0.15, 0.2) is 0 Å². The molecule has 0 spiro atoms. The van der Waals surface area contributed by atoms with E-state index in [1.165, 1.54) is 44.8 Å². The molecule has 3 aromatic rings. The summed E-state index contributed by atoms with van der Waals surface area (Å²) in [6, 6.07) is 22.2. The zero-order chi connectivity index (χ0) is 16.7. The maximum absolute atomic E-state index is 2.48. The van der Waals surface area contributed by atoms with Crippen LogP contribution in [-0.2, 0) is 6.42 Å². The molecule has 1 aliphatic rings. The maximum atomic E-state index is 2.48. The van der Waals surface area contributed by atoms with Crippen molar-refractivity contribution in [3.05, 3.63) is 82.9 Å². The average Bonchev–Trinajstić information content (AvgIpc) is 2.99. The number of anilines is 2. The minimum absolute atomic E-state index is 1.07. The van der Waals surface area contributed by atoms with Crippen molar-refractivity contribution in [2.75, 3.05) is 11.4 Å². The minimum Gasteiger partial charge on any atom is -0.341 e. The van der Waals surface area contributed by atoms with E-state index in [1.54, 1.807) is 0 Å². The molecule has 4 rings (SSSR count). The van der Waals surface area contributed by atoms with Crippen molar-refractivity contribution in [1.82, 2.24) is 0 Å². The zero-order valence-corrected chi connectivity index (χ0v) is 14.6. The molecular formula is C23H23N. The van der Waals surface area contributed by atoms with E-state index in [-0.39, 0.29) is 0 Å². The largest absolute Gasteiger partial charge is 0.341 e. The van der Waals surface area contributed by atoms with E-state index in [9.17, 15) is 0 Å². The van der Waals surface area contributed by atoms with Crippen LogP contribution in [0.3, 0.4) is 0 Å². The van der Waals surface area contributed by atoms with Crippen LogP contribution in [0, 0.1) is 20.8 Å². The molecule has 0 saturated heterocycles. The van der Waals surface area contributed by atoms with Crippen molar-refractivity contribution in [3.8, 4) is 11.1 Å². The van der Waals surface area contributed by atoms with Gasteiger partial charge in [0.1, 0.15) is 0 Å². The minimum atomic E-state index is 1.07. The number of hydrogen-bond acceptors (Lipinski definition) is 1. The summed E-state index contributed by atoms with van der Waals surface area (Å²) < 4.78 is 0. The Morgan fingerprint density at radius 3 is 2.17 bits per heavy atom. The van der Waals surface area contributed by atoms with Crippen molar-refractivity contribution in [2.45, 2.75) is 27.2 Å². The van der Waals surface area contributed by atoms with Gasteiger partial charge in [-0.1, -0.05) is 42.5 Å². The van der Waals surface area contributed by atoms with Crippen molar-refractivity contribution in [1.29, 1.82) is 0 Å². The highest BCUT2D eigenvalue weighted by Crippen LogP contribution is 2.39. The Hall–Kier alpha value is -2.54. The van der Waals surface area contributed by atoms with Crippen LogP contribution in [0.1, 0.15) is 22.3 Å². The van der Waals surface area contributed by atoms with Gasteiger partial charge >= 0.3 is 0 Å². The standard InChI is InChI=1S/C23H23N/c1-16-11-17(2)13-21(12-16)24-10-9-22-18(3)14-20(15-23(22)24)19-7-5-4-6-8-19/h4-8,11-15H,9-10H2,1-3H3. The SMILES string of the molecule is Cc1cc(C)cc(N2CCc3c(C)cc(-c4ccccc4)cc32)c1. The highest BCUT2D eigenvalue weighted by Gasteiger charge is 2.23. The summed E-state index contributed by atoms with van der Waals surface area (Å²) in [4.78, 5) is 2.48. The lowest BCUT2D eigenvalue weighted by atomic mass is 9.98. The molecule has 0 radical (unpaired) electrons. The predicted octanol–water partition coefficient (Wildman–Crippen LogP) is 5.97. The van der Waals surface area contributed by atoms with Gasteiger partial charge in [-0.25, -0.2) is 0 Å². The van der Waals surface area contributed by atoms with E-state index in [1.807, 2.05) is 0 Å². The molecule has 0 aromatic heterocycles. The monoisotopic (exact) mass is 313 g/mol. The predicted molar refractivity (Wildman–Crippen MR) is 103 cm³/mol. The molecule has 24 heavy (non-hydrogen) atoms. The summed E-state index contributed by atoms with van der Waals surface area (Å²) in [5, 5.41) is 0. The highest BCUT2D eigenvalue weighted by atomic mass is 15.2. The molecular weight excluding hydrogens is 290 g/mol. The van der Waals surface area contributed by atoms with E-state index >= 15 is 0 Å². The normalized spacial score (nSPS) is 13.2. The Labute approximate surface area is 144 Å². The van der Waals surface area contributed by atoms with Crippen LogP contribution < -0.4 is 4.90 Å². The fourth-order valence-electron chi connectivity index (χ4n) is 3.88. The molecule has 120 valence electrons. The highest BCUT2D eigenvalue weighted by molar-refractivity contribution is 5.78. The number of nitrogens with zero attached hydrogens (tertiary/aromatic N) is 1. The first-order chi connectivity index (χ1) is 11.6. The lowest BCUT2D eigenvalue weighted by molar-refractivity contribution is 0.992. The number of hydrogen-bond donors (Lipinski definition) is 0. The van der Waals surface area contributed by atoms with Crippen molar-refractivity contribution in [3.63, 3.8) is 0 Å². The molecule has 0 atom stereocenters. The molecule has 1 heterocycles. The van der Waals surface area contributed by atoms with Crippen molar-refractivity contribution >= 4 is 11.4 Å². The second-order valence-electron chi connectivity index (χ2n) is 6.90. The van der Waals surface area contributed by atoms with Gasteiger partial charge in [0.05, 0.1) is 0 Å². The molecule has 0 unspecified atom stereocenters. The van der Waals surface area contributed by atoms with Crippen LogP contribution in [0.2, 0.25) is 0 Å². The molecule has 1 heteroatoms. The van der Waals surface area contributed by atoms with Gasteiger partial charge in [-0.15, -0.1) is 0 Å². The van der Waals surface area contributed by atoms with Crippen LogP contribution in [0.25, 0.3) is 11.1 Å². The van der Waals surface area contributed by atoms with Crippen LogP contribution in [0.5, 0.6) is 0 Å². The quantitative estimate of drug-likeness (QED) is 0.563. The fourth-order valence-corrected chi connectivity index (χ4v) is 3.88. The Morgan fingerprint density at radius 2 is 1.46 bits per heavy atom. The van der Waals surface area contributed by atoms with Crippen molar-refractivity contribution < 1.29 is 0 Å². The summed E-state index contributed by atoms with van der Waals surface area (Å²) in [7, 11) is 0. The molecule has 3 aromatic carbocycles. The van der Waals surface area contributed by atoms with Crippen LogP contribution in [0.15, 0.2) is 60.7 Å². The molecule has 1 nitrogen and oxygen atoms in total. The molecule has 0 amide bonds. The third-order valence-corrected chi connectivity index (χ3v) is 4.95. The Morgan fingerprint density at radius 1 is 0.750 bits per heavy atom. The van der Waals surface area contributed by atoms with Gasteiger partial charge in [-0.05, 0) is 78.8 Å². The van der Waals surface area contributed by atoms with Gasteiger partial charge in [0, 0.05) is 17.9 Å². The molecule has 0 N–H and O–H groups in total. The smallest absolute Gasteiger partial charge is 0.0452 e. The lowest BCUT2D eigenvalue weighted by Crippen LogP contribution is -2.13. The Bertz CT molecular complexity index is 873.